The number of rotatable bonds is 3. The van der Waals surface area contributed by atoms with Crippen LogP contribution in [-0.2, 0) is 0 Å². The lowest BCUT2D eigenvalue weighted by molar-refractivity contribution is 0.193. The maximum Gasteiger partial charge on any atom is 0.322 e. The van der Waals surface area contributed by atoms with Gasteiger partial charge in [0.1, 0.15) is 11.9 Å². The minimum absolute atomic E-state index is 0.264. The summed E-state index contributed by atoms with van der Waals surface area (Å²) in [5.41, 5.74) is 2.53. The molecule has 138 valence electrons. The number of amides is 2. The van der Waals surface area contributed by atoms with E-state index < -0.39 is 0 Å². The smallest absolute Gasteiger partial charge is 0.322 e. The van der Waals surface area contributed by atoms with Crippen molar-refractivity contribution in [2.75, 3.05) is 11.9 Å². The number of carbonyl (C=O) groups is 1. The molecule has 2 aromatic carbocycles. The van der Waals surface area contributed by atoms with Gasteiger partial charge >= 0.3 is 6.03 Å². The summed E-state index contributed by atoms with van der Waals surface area (Å²) in [5, 5.41) is 6.86. The fraction of sp³-hybridized carbons (Fsp3) is 0.250. The summed E-state index contributed by atoms with van der Waals surface area (Å²) >= 11 is 0. The van der Waals surface area contributed by atoms with Crippen molar-refractivity contribution in [1.29, 1.82) is 0 Å². The molecule has 1 aromatic heterocycles. The Bertz CT molecular complexity index is 955. The highest BCUT2D eigenvalue weighted by Crippen LogP contribution is 2.32. The van der Waals surface area contributed by atoms with E-state index in [-0.39, 0.29) is 17.9 Å². The van der Waals surface area contributed by atoms with E-state index >= 15 is 0 Å². The van der Waals surface area contributed by atoms with Crippen LogP contribution in [0.4, 0.5) is 14.9 Å². The predicted molar refractivity (Wildman–Crippen MR) is 98.6 cm³/mol. The number of nitrogens with zero attached hydrogens (tertiary/aromatic N) is 3. The summed E-state index contributed by atoms with van der Waals surface area (Å²) in [6.07, 6.45) is 1.61. The molecule has 1 saturated heterocycles. The minimum Gasteiger partial charge on any atom is -0.337 e. The monoisotopic (exact) mass is 366 g/mol. The lowest BCUT2D eigenvalue weighted by Gasteiger charge is -2.22. The summed E-state index contributed by atoms with van der Waals surface area (Å²) in [6, 6.07) is 13.0. The molecule has 0 unspecified atom stereocenters. The Balaban J connectivity index is 1.51. The third-order valence-corrected chi connectivity index (χ3v) is 4.61. The first-order chi connectivity index (χ1) is 13.1. The Hall–Kier alpha value is -3.22. The number of hydrogen-bond acceptors (Lipinski definition) is 4. The van der Waals surface area contributed by atoms with Crippen LogP contribution in [0.3, 0.4) is 0 Å². The maximum absolute atomic E-state index is 13.0. The number of halogens is 1. The molecule has 1 atom stereocenters. The molecule has 4 rings (SSSR count). The number of hydrogen-bond donors (Lipinski definition) is 1. The summed E-state index contributed by atoms with van der Waals surface area (Å²) in [4.78, 5) is 18.8. The third kappa shape index (κ3) is 3.67. The molecular formula is C20H19FN4O2. The lowest BCUT2D eigenvalue weighted by Crippen LogP contribution is -2.34. The molecule has 7 heteroatoms. The van der Waals surface area contributed by atoms with Crippen molar-refractivity contribution < 1.29 is 13.7 Å². The van der Waals surface area contributed by atoms with Crippen LogP contribution < -0.4 is 5.32 Å². The van der Waals surface area contributed by atoms with Crippen LogP contribution in [-0.4, -0.2) is 27.6 Å². The Kier molecular flexibility index (Phi) is 4.58. The Morgan fingerprint density at radius 2 is 2.07 bits per heavy atom. The largest absolute Gasteiger partial charge is 0.337 e. The third-order valence-electron chi connectivity index (χ3n) is 4.61. The molecule has 3 aromatic rings. The van der Waals surface area contributed by atoms with Crippen LogP contribution in [0, 0.1) is 12.7 Å². The van der Waals surface area contributed by atoms with Gasteiger partial charge in [-0.2, -0.15) is 4.98 Å². The van der Waals surface area contributed by atoms with Crippen molar-refractivity contribution in [2.24, 2.45) is 0 Å². The Labute approximate surface area is 156 Å². The van der Waals surface area contributed by atoms with E-state index in [2.05, 4.69) is 15.5 Å². The topological polar surface area (TPSA) is 71.3 Å². The first kappa shape index (κ1) is 17.2. The average Bonchev–Trinajstić information content (AvgIpc) is 3.33. The van der Waals surface area contributed by atoms with E-state index in [1.54, 1.807) is 4.90 Å². The zero-order valence-corrected chi connectivity index (χ0v) is 14.9. The van der Waals surface area contributed by atoms with Crippen LogP contribution in [0.5, 0.6) is 0 Å². The molecule has 0 spiro atoms. The Morgan fingerprint density at radius 1 is 1.26 bits per heavy atom. The number of anilines is 1. The molecule has 6 nitrogen and oxygen atoms in total. The van der Waals surface area contributed by atoms with Gasteiger partial charge in [-0.05, 0) is 50.1 Å². The highest BCUT2D eigenvalue weighted by Gasteiger charge is 2.34. The van der Waals surface area contributed by atoms with E-state index in [0.29, 0.717) is 23.9 Å². The molecule has 2 heterocycles. The number of aromatic nitrogens is 2. The SMILES string of the molecule is Cc1cccc(-c2noc([C@@H]3CCCN3C(=O)Nc3ccc(F)cc3)n2)c1. The molecular weight excluding hydrogens is 347 g/mol. The summed E-state index contributed by atoms with van der Waals surface area (Å²) in [7, 11) is 0. The van der Waals surface area contributed by atoms with Gasteiger partial charge < -0.3 is 14.7 Å². The quantitative estimate of drug-likeness (QED) is 0.738. The second kappa shape index (κ2) is 7.19. The van der Waals surface area contributed by atoms with Crippen LogP contribution in [0.2, 0.25) is 0 Å². The van der Waals surface area contributed by atoms with Crippen molar-refractivity contribution in [3.05, 3.63) is 65.8 Å². The molecule has 0 saturated carbocycles. The Morgan fingerprint density at radius 3 is 2.85 bits per heavy atom. The highest BCUT2D eigenvalue weighted by molar-refractivity contribution is 5.89. The second-order valence-corrected chi connectivity index (χ2v) is 6.61. The van der Waals surface area contributed by atoms with Gasteiger partial charge in [0, 0.05) is 17.8 Å². The van der Waals surface area contributed by atoms with Crippen LogP contribution >= 0.6 is 0 Å². The lowest BCUT2D eigenvalue weighted by atomic mass is 10.1. The van der Waals surface area contributed by atoms with E-state index in [0.717, 1.165) is 24.0 Å². The highest BCUT2D eigenvalue weighted by atomic mass is 19.1. The molecule has 1 aliphatic heterocycles. The normalized spacial score (nSPS) is 16.5. The summed E-state index contributed by atoms with van der Waals surface area (Å²) in [5.74, 6) is 0.597. The molecule has 1 aliphatic rings. The minimum atomic E-state index is -0.346. The van der Waals surface area contributed by atoms with Gasteiger partial charge in [0.25, 0.3) is 0 Å². The predicted octanol–water partition coefficient (Wildman–Crippen LogP) is 4.55. The van der Waals surface area contributed by atoms with Gasteiger partial charge in [0.15, 0.2) is 0 Å². The number of carbonyl (C=O) groups excluding carboxylic acids is 1. The standard InChI is InChI=1S/C20H19FN4O2/c1-13-4-2-5-14(12-13)18-23-19(27-24-18)17-6-3-11-25(17)20(26)22-16-9-7-15(21)8-10-16/h2,4-5,7-10,12,17H,3,6,11H2,1H3,(H,22,26)/t17-/m0/s1. The molecule has 0 bridgehead atoms. The van der Waals surface area contributed by atoms with E-state index in [1.165, 1.54) is 24.3 Å². The van der Waals surface area contributed by atoms with Crippen molar-refractivity contribution in [3.63, 3.8) is 0 Å². The maximum atomic E-state index is 13.0. The van der Waals surface area contributed by atoms with Crippen LogP contribution in [0.15, 0.2) is 53.1 Å². The first-order valence-electron chi connectivity index (χ1n) is 8.84. The van der Waals surface area contributed by atoms with E-state index in [1.807, 2.05) is 31.2 Å². The van der Waals surface area contributed by atoms with Crippen LogP contribution in [0.25, 0.3) is 11.4 Å². The van der Waals surface area contributed by atoms with Crippen molar-refractivity contribution in [3.8, 4) is 11.4 Å². The van der Waals surface area contributed by atoms with Crippen molar-refractivity contribution >= 4 is 11.7 Å². The zero-order valence-electron chi connectivity index (χ0n) is 14.9. The number of likely N-dealkylation sites (tertiary alicyclic amines) is 1. The molecule has 2 amide bonds. The molecule has 27 heavy (non-hydrogen) atoms. The van der Waals surface area contributed by atoms with Crippen LogP contribution in [0.1, 0.15) is 30.3 Å². The number of aryl methyl sites for hydroxylation is 1. The molecule has 1 fully saturated rings. The molecule has 1 N–H and O–H groups in total. The first-order valence-corrected chi connectivity index (χ1v) is 8.84. The van der Waals surface area contributed by atoms with E-state index in [9.17, 15) is 9.18 Å². The van der Waals surface area contributed by atoms with Gasteiger partial charge in [-0.3, -0.25) is 0 Å². The van der Waals surface area contributed by atoms with E-state index in [4.69, 9.17) is 4.52 Å². The van der Waals surface area contributed by atoms with Gasteiger partial charge in [-0.25, -0.2) is 9.18 Å². The van der Waals surface area contributed by atoms with Gasteiger partial charge in [-0.1, -0.05) is 28.9 Å². The fourth-order valence-corrected chi connectivity index (χ4v) is 3.27. The number of urea groups is 1. The van der Waals surface area contributed by atoms with Gasteiger partial charge in [0.2, 0.25) is 11.7 Å². The number of benzene rings is 2. The summed E-state index contributed by atoms with van der Waals surface area (Å²) in [6.45, 7) is 2.60. The summed E-state index contributed by atoms with van der Waals surface area (Å²) < 4.78 is 18.5. The van der Waals surface area contributed by atoms with Crippen molar-refractivity contribution in [2.45, 2.75) is 25.8 Å². The van der Waals surface area contributed by atoms with Gasteiger partial charge in [0.05, 0.1) is 0 Å². The fourth-order valence-electron chi connectivity index (χ4n) is 3.27. The average molecular weight is 366 g/mol. The number of nitrogens with one attached hydrogen (secondary N) is 1. The second-order valence-electron chi connectivity index (χ2n) is 6.61. The van der Waals surface area contributed by atoms with Gasteiger partial charge in [-0.15, -0.1) is 0 Å². The molecule has 0 aliphatic carbocycles. The zero-order chi connectivity index (χ0) is 18.8. The van der Waals surface area contributed by atoms with Crippen molar-refractivity contribution in [1.82, 2.24) is 15.0 Å². The molecule has 0 radical (unpaired) electrons.